The maximum absolute atomic E-state index is 13.3. The Hall–Kier alpha value is -3.09. The van der Waals surface area contributed by atoms with Crippen molar-refractivity contribution in [3.05, 3.63) is 105 Å². The minimum atomic E-state index is -0.132. The number of amides is 1. The molecule has 0 aliphatic rings. The van der Waals surface area contributed by atoms with Crippen LogP contribution >= 0.6 is 23.4 Å². The fraction of sp³-hybridized carbons (Fsp3) is 0.192. The van der Waals surface area contributed by atoms with Gasteiger partial charge in [0.25, 0.3) is 5.56 Å². The predicted molar refractivity (Wildman–Crippen MR) is 135 cm³/mol. The molecule has 0 N–H and O–H groups in total. The van der Waals surface area contributed by atoms with E-state index in [9.17, 15) is 9.59 Å². The largest absolute Gasteiger partial charge is 0.338 e. The SMILES string of the molecule is CCN(Cc1ccccc1)C(=O)CSc1nc2ccccc2c(=O)n1Cc1cccc(Cl)c1. The molecular formula is C26H24ClN3O2S. The van der Waals surface area contributed by atoms with Crippen molar-refractivity contribution in [3.63, 3.8) is 0 Å². The number of hydrogen-bond donors (Lipinski definition) is 0. The molecule has 1 aromatic heterocycles. The summed E-state index contributed by atoms with van der Waals surface area (Å²) in [5.41, 5.74) is 2.47. The van der Waals surface area contributed by atoms with Gasteiger partial charge >= 0.3 is 0 Å². The highest BCUT2D eigenvalue weighted by molar-refractivity contribution is 7.99. The van der Waals surface area contributed by atoms with Gasteiger partial charge in [-0.1, -0.05) is 78.0 Å². The summed E-state index contributed by atoms with van der Waals surface area (Å²) < 4.78 is 1.62. The normalized spacial score (nSPS) is 11.0. The first-order valence-corrected chi connectivity index (χ1v) is 12.1. The summed E-state index contributed by atoms with van der Waals surface area (Å²) in [6.07, 6.45) is 0. The molecule has 7 heteroatoms. The first-order chi connectivity index (χ1) is 16.0. The zero-order valence-electron chi connectivity index (χ0n) is 18.3. The van der Waals surface area contributed by atoms with Gasteiger partial charge in [0.2, 0.25) is 5.91 Å². The summed E-state index contributed by atoms with van der Waals surface area (Å²) in [7, 11) is 0. The van der Waals surface area contributed by atoms with Crippen LogP contribution in [0.1, 0.15) is 18.1 Å². The molecule has 5 nitrogen and oxygen atoms in total. The van der Waals surface area contributed by atoms with E-state index in [4.69, 9.17) is 16.6 Å². The number of rotatable bonds is 8. The van der Waals surface area contributed by atoms with Crippen molar-refractivity contribution in [2.24, 2.45) is 0 Å². The Bertz CT molecular complexity index is 1320. The highest BCUT2D eigenvalue weighted by Gasteiger charge is 2.17. The smallest absolute Gasteiger partial charge is 0.262 e. The highest BCUT2D eigenvalue weighted by atomic mass is 35.5. The molecule has 3 aromatic carbocycles. The summed E-state index contributed by atoms with van der Waals surface area (Å²) >= 11 is 7.44. The minimum Gasteiger partial charge on any atom is -0.338 e. The summed E-state index contributed by atoms with van der Waals surface area (Å²) in [5, 5.41) is 1.68. The number of aromatic nitrogens is 2. The number of thioether (sulfide) groups is 1. The average molecular weight is 478 g/mol. The summed E-state index contributed by atoms with van der Waals surface area (Å²) in [4.78, 5) is 32.8. The molecular weight excluding hydrogens is 454 g/mol. The van der Waals surface area contributed by atoms with Gasteiger partial charge in [0.15, 0.2) is 5.16 Å². The lowest BCUT2D eigenvalue weighted by Gasteiger charge is -2.21. The van der Waals surface area contributed by atoms with Gasteiger partial charge < -0.3 is 4.90 Å². The quantitative estimate of drug-likeness (QED) is 0.257. The number of carbonyl (C=O) groups is 1. The lowest BCUT2D eigenvalue weighted by Crippen LogP contribution is -2.32. The van der Waals surface area contributed by atoms with Crippen LogP contribution in [0.5, 0.6) is 0 Å². The van der Waals surface area contributed by atoms with Gasteiger partial charge in [-0.3, -0.25) is 14.2 Å². The number of carbonyl (C=O) groups excluding carboxylic acids is 1. The zero-order chi connectivity index (χ0) is 23.2. The molecule has 0 aliphatic heterocycles. The Balaban J connectivity index is 1.60. The van der Waals surface area contributed by atoms with Gasteiger partial charge in [0, 0.05) is 18.1 Å². The number of para-hydroxylation sites is 1. The van der Waals surface area contributed by atoms with Crippen molar-refractivity contribution >= 4 is 40.2 Å². The molecule has 0 radical (unpaired) electrons. The molecule has 4 aromatic rings. The van der Waals surface area contributed by atoms with Crippen LogP contribution in [0.2, 0.25) is 5.02 Å². The van der Waals surface area contributed by atoms with Gasteiger partial charge in [-0.15, -0.1) is 0 Å². The number of hydrogen-bond acceptors (Lipinski definition) is 4. The molecule has 0 saturated carbocycles. The molecule has 0 fully saturated rings. The molecule has 33 heavy (non-hydrogen) atoms. The third-order valence-corrected chi connectivity index (χ3v) is 6.53. The molecule has 0 unspecified atom stereocenters. The Kier molecular flexibility index (Phi) is 7.47. The monoisotopic (exact) mass is 477 g/mol. The molecule has 0 aliphatic carbocycles. The first kappa shape index (κ1) is 23.1. The van der Waals surface area contributed by atoms with Crippen molar-refractivity contribution in [3.8, 4) is 0 Å². The van der Waals surface area contributed by atoms with Crippen LogP contribution < -0.4 is 5.56 Å². The van der Waals surface area contributed by atoms with E-state index in [-0.39, 0.29) is 17.2 Å². The van der Waals surface area contributed by atoms with Crippen molar-refractivity contribution in [2.45, 2.75) is 25.2 Å². The van der Waals surface area contributed by atoms with E-state index in [1.165, 1.54) is 11.8 Å². The van der Waals surface area contributed by atoms with Gasteiger partial charge in [-0.25, -0.2) is 4.98 Å². The second-order valence-corrected chi connectivity index (χ2v) is 8.99. The zero-order valence-corrected chi connectivity index (χ0v) is 19.9. The van der Waals surface area contributed by atoms with Crippen molar-refractivity contribution in [1.29, 1.82) is 0 Å². The third-order valence-electron chi connectivity index (χ3n) is 5.33. The predicted octanol–water partition coefficient (Wildman–Crippen LogP) is 5.24. The minimum absolute atomic E-state index is 0.00284. The van der Waals surface area contributed by atoms with Crippen LogP contribution in [0.15, 0.2) is 88.8 Å². The standard InChI is InChI=1S/C26H24ClN3O2S/c1-2-29(16-19-9-4-3-5-10-19)24(31)18-33-26-28-23-14-7-6-13-22(23)25(32)30(26)17-20-11-8-12-21(27)15-20/h3-15H,2,16-18H2,1H3. The van der Waals surface area contributed by atoms with Crippen molar-refractivity contribution in [1.82, 2.24) is 14.5 Å². The number of benzene rings is 3. The Morgan fingerprint density at radius 2 is 1.73 bits per heavy atom. The summed E-state index contributed by atoms with van der Waals surface area (Å²) in [6, 6.07) is 24.6. The number of fused-ring (bicyclic) bond motifs is 1. The van der Waals surface area contributed by atoms with Crippen LogP contribution in [0.25, 0.3) is 10.9 Å². The molecule has 1 heterocycles. The van der Waals surface area contributed by atoms with Gasteiger partial charge in [0.05, 0.1) is 23.2 Å². The van der Waals surface area contributed by atoms with Gasteiger partial charge in [0.1, 0.15) is 0 Å². The second kappa shape index (κ2) is 10.7. The topological polar surface area (TPSA) is 55.2 Å². The van der Waals surface area contributed by atoms with Gasteiger partial charge in [-0.2, -0.15) is 0 Å². The Labute approximate surface area is 202 Å². The summed E-state index contributed by atoms with van der Waals surface area (Å²) in [6.45, 7) is 3.45. The molecule has 0 saturated heterocycles. The van der Waals surface area contributed by atoms with Crippen LogP contribution in [0, 0.1) is 0 Å². The first-order valence-electron chi connectivity index (χ1n) is 10.7. The number of halogens is 1. The van der Waals surface area contributed by atoms with E-state index >= 15 is 0 Å². The van der Waals surface area contributed by atoms with E-state index < -0.39 is 0 Å². The van der Waals surface area contributed by atoms with Crippen LogP contribution in [-0.2, 0) is 17.9 Å². The summed E-state index contributed by atoms with van der Waals surface area (Å²) in [5.74, 6) is 0.198. The second-order valence-electron chi connectivity index (χ2n) is 7.61. The molecule has 0 spiro atoms. The molecule has 168 valence electrons. The Morgan fingerprint density at radius 1 is 1.00 bits per heavy atom. The lowest BCUT2D eigenvalue weighted by atomic mass is 10.2. The van der Waals surface area contributed by atoms with E-state index in [1.54, 1.807) is 16.7 Å². The van der Waals surface area contributed by atoms with Gasteiger partial charge in [-0.05, 0) is 42.3 Å². The van der Waals surface area contributed by atoms with E-state index in [2.05, 4.69) is 0 Å². The number of nitrogens with zero attached hydrogens (tertiary/aromatic N) is 3. The maximum atomic E-state index is 13.3. The molecule has 0 atom stereocenters. The average Bonchev–Trinajstić information content (AvgIpc) is 2.83. The van der Waals surface area contributed by atoms with Crippen LogP contribution in [-0.4, -0.2) is 32.7 Å². The third kappa shape index (κ3) is 5.64. The van der Waals surface area contributed by atoms with E-state index in [0.717, 1.165) is 11.1 Å². The van der Waals surface area contributed by atoms with E-state index in [0.29, 0.717) is 40.7 Å². The van der Waals surface area contributed by atoms with Crippen LogP contribution in [0.4, 0.5) is 0 Å². The van der Waals surface area contributed by atoms with Crippen molar-refractivity contribution in [2.75, 3.05) is 12.3 Å². The highest BCUT2D eigenvalue weighted by Crippen LogP contribution is 2.21. The van der Waals surface area contributed by atoms with E-state index in [1.807, 2.05) is 78.6 Å². The molecule has 0 bridgehead atoms. The van der Waals surface area contributed by atoms with Crippen molar-refractivity contribution < 1.29 is 4.79 Å². The van der Waals surface area contributed by atoms with Crippen LogP contribution in [0.3, 0.4) is 0 Å². The molecule has 1 amide bonds. The molecule has 4 rings (SSSR count). The lowest BCUT2D eigenvalue weighted by molar-refractivity contribution is -0.128. The fourth-order valence-electron chi connectivity index (χ4n) is 3.61. The fourth-order valence-corrected chi connectivity index (χ4v) is 4.73. The Morgan fingerprint density at radius 3 is 2.48 bits per heavy atom. The maximum Gasteiger partial charge on any atom is 0.262 e.